The fourth-order valence-corrected chi connectivity index (χ4v) is 5.47. The molecule has 0 unspecified atom stereocenters. The molecule has 4 nitrogen and oxygen atoms in total. The molecule has 2 aliphatic rings. The van der Waals surface area contributed by atoms with Crippen LogP contribution in [0.15, 0.2) is 29.1 Å². The summed E-state index contributed by atoms with van der Waals surface area (Å²) in [6, 6.07) is 8.32. The van der Waals surface area contributed by atoms with Crippen molar-refractivity contribution in [2.45, 2.75) is 43.5 Å². The molecule has 2 aromatic rings. The Morgan fingerprint density at radius 1 is 1.26 bits per heavy atom. The number of aromatic nitrogens is 2. The second kappa shape index (κ2) is 6.29. The summed E-state index contributed by atoms with van der Waals surface area (Å²) >= 11 is 2.14. The predicted octanol–water partition coefficient (Wildman–Crippen LogP) is 2.79. The maximum Gasteiger partial charge on any atom is 0.261 e. The first kappa shape index (κ1) is 15.2. The molecule has 0 spiro atoms. The van der Waals surface area contributed by atoms with Crippen LogP contribution in [-0.2, 0) is 13.6 Å². The van der Waals surface area contributed by atoms with Crippen molar-refractivity contribution in [3.05, 3.63) is 40.4 Å². The van der Waals surface area contributed by atoms with Crippen LogP contribution in [0.2, 0.25) is 0 Å². The number of para-hydroxylation sites is 1. The number of nitrogens with zero attached hydrogens (tertiary/aromatic N) is 3. The van der Waals surface area contributed by atoms with Gasteiger partial charge in [-0.05, 0) is 25.0 Å². The Hall–Kier alpha value is -1.33. The van der Waals surface area contributed by atoms with Crippen LogP contribution >= 0.6 is 11.8 Å². The molecular formula is C18H23N3OS. The minimum absolute atomic E-state index is 0.0668. The van der Waals surface area contributed by atoms with Gasteiger partial charge >= 0.3 is 0 Å². The van der Waals surface area contributed by atoms with Crippen molar-refractivity contribution in [1.82, 2.24) is 14.5 Å². The Labute approximate surface area is 140 Å². The number of rotatable bonds is 2. The zero-order valence-electron chi connectivity index (χ0n) is 13.6. The number of hydrogen-bond donors (Lipinski definition) is 0. The van der Waals surface area contributed by atoms with E-state index in [-0.39, 0.29) is 5.56 Å². The number of benzene rings is 1. The van der Waals surface area contributed by atoms with Crippen LogP contribution in [0.25, 0.3) is 10.9 Å². The third-order valence-corrected chi connectivity index (χ3v) is 6.66. The normalized spacial score (nSPS) is 25.4. The van der Waals surface area contributed by atoms with Crippen molar-refractivity contribution in [1.29, 1.82) is 0 Å². The van der Waals surface area contributed by atoms with Gasteiger partial charge in [-0.2, -0.15) is 11.8 Å². The molecule has 1 saturated carbocycles. The maximum absolute atomic E-state index is 12.6. The van der Waals surface area contributed by atoms with Gasteiger partial charge in [0.1, 0.15) is 5.82 Å². The molecule has 2 atom stereocenters. The topological polar surface area (TPSA) is 38.1 Å². The quantitative estimate of drug-likeness (QED) is 0.849. The van der Waals surface area contributed by atoms with E-state index in [0.29, 0.717) is 11.4 Å². The zero-order valence-corrected chi connectivity index (χ0v) is 14.4. The van der Waals surface area contributed by atoms with Crippen LogP contribution in [0.1, 0.15) is 31.5 Å². The molecule has 1 aliphatic heterocycles. The standard InChI is InChI=1S/C18H23N3OS/c1-20-17(19-14-7-3-2-6-13(14)18(20)22)12-21-10-11-23-16-9-5-4-8-15(16)21/h2-3,6-7,15-16H,4-5,8-12H2,1H3/t15-,16-/m1/s1. The molecule has 2 fully saturated rings. The Balaban J connectivity index is 1.67. The van der Waals surface area contributed by atoms with Crippen LogP contribution in [0.5, 0.6) is 0 Å². The van der Waals surface area contributed by atoms with E-state index < -0.39 is 0 Å². The number of thioether (sulfide) groups is 1. The van der Waals surface area contributed by atoms with Crippen molar-refractivity contribution < 1.29 is 0 Å². The molecule has 1 aliphatic carbocycles. The SMILES string of the molecule is Cn1c(CN2CCS[C@@H]3CCCC[C@H]32)nc2ccccc2c1=O. The molecule has 4 rings (SSSR count). The highest BCUT2D eigenvalue weighted by Gasteiger charge is 2.34. The Bertz CT molecular complexity index is 770. The van der Waals surface area contributed by atoms with Crippen LogP contribution in [0, 0.1) is 0 Å². The lowest BCUT2D eigenvalue weighted by molar-refractivity contribution is 0.150. The van der Waals surface area contributed by atoms with Crippen molar-refractivity contribution >= 4 is 22.7 Å². The van der Waals surface area contributed by atoms with Crippen molar-refractivity contribution in [2.24, 2.45) is 7.05 Å². The Morgan fingerprint density at radius 3 is 3.00 bits per heavy atom. The average molecular weight is 329 g/mol. The van der Waals surface area contributed by atoms with Gasteiger partial charge in [0, 0.05) is 30.6 Å². The first-order valence-electron chi connectivity index (χ1n) is 8.54. The van der Waals surface area contributed by atoms with E-state index in [0.717, 1.165) is 29.7 Å². The predicted molar refractivity (Wildman–Crippen MR) is 95.9 cm³/mol. The van der Waals surface area contributed by atoms with E-state index in [2.05, 4.69) is 16.7 Å². The van der Waals surface area contributed by atoms with Gasteiger partial charge in [-0.25, -0.2) is 4.98 Å². The summed E-state index contributed by atoms with van der Waals surface area (Å²) in [6.45, 7) is 1.90. The van der Waals surface area contributed by atoms with Crippen molar-refractivity contribution in [3.8, 4) is 0 Å². The maximum atomic E-state index is 12.6. The smallest absolute Gasteiger partial charge is 0.261 e. The molecule has 1 aromatic carbocycles. The molecular weight excluding hydrogens is 306 g/mol. The minimum Gasteiger partial charge on any atom is -0.298 e. The van der Waals surface area contributed by atoms with Gasteiger partial charge in [-0.1, -0.05) is 25.0 Å². The van der Waals surface area contributed by atoms with Gasteiger partial charge in [0.05, 0.1) is 17.4 Å². The van der Waals surface area contributed by atoms with Crippen LogP contribution in [-0.4, -0.2) is 38.0 Å². The van der Waals surface area contributed by atoms with E-state index in [9.17, 15) is 4.79 Å². The van der Waals surface area contributed by atoms with Gasteiger partial charge in [0.25, 0.3) is 5.56 Å². The second-order valence-electron chi connectivity index (χ2n) is 6.64. The van der Waals surface area contributed by atoms with Crippen LogP contribution in [0.4, 0.5) is 0 Å². The molecule has 122 valence electrons. The van der Waals surface area contributed by atoms with Crippen molar-refractivity contribution in [2.75, 3.05) is 12.3 Å². The largest absolute Gasteiger partial charge is 0.298 e. The second-order valence-corrected chi connectivity index (χ2v) is 7.99. The van der Waals surface area contributed by atoms with Gasteiger partial charge < -0.3 is 0 Å². The summed E-state index contributed by atoms with van der Waals surface area (Å²) in [4.78, 5) is 19.9. The summed E-state index contributed by atoms with van der Waals surface area (Å²) in [5, 5.41) is 1.48. The Morgan fingerprint density at radius 2 is 2.09 bits per heavy atom. The summed E-state index contributed by atoms with van der Waals surface area (Å²) in [5.74, 6) is 2.09. The molecule has 1 saturated heterocycles. The summed E-state index contributed by atoms with van der Waals surface area (Å²) in [5.41, 5.74) is 0.884. The van der Waals surface area contributed by atoms with E-state index >= 15 is 0 Å². The Kier molecular flexibility index (Phi) is 4.16. The van der Waals surface area contributed by atoms with Crippen molar-refractivity contribution in [3.63, 3.8) is 0 Å². The van der Waals surface area contributed by atoms with E-state index in [1.165, 1.54) is 31.4 Å². The molecule has 23 heavy (non-hydrogen) atoms. The molecule has 0 bridgehead atoms. The third kappa shape index (κ3) is 2.81. The first-order chi connectivity index (χ1) is 11.2. The van der Waals surface area contributed by atoms with E-state index in [4.69, 9.17) is 4.98 Å². The van der Waals surface area contributed by atoms with Gasteiger partial charge in [-0.15, -0.1) is 0 Å². The van der Waals surface area contributed by atoms with Gasteiger partial charge in [0.15, 0.2) is 0 Å². The fraction of sp³-hybridized carbons (Fsp3) is 0.556. The summed E-state index contributed by atoms with van der Waals surface area (Å²) in [7, 11) is 1.86. The molecule has 0 amide bonds. The molecule has 0 N–H and O–H groups in total. The monoisotopic (exact) mass is 329 g/mol. The third-order valence-electron chi connectivity index (χ3n) is 5.27. The van der Waals surface area contributed by atoms with Gasteiger partial charge in [0.2, 0.25) is 0 Å². The van der Waals surface area contributed by atoms with E-state index in [1.54, 1.807) is 4.57 Å². The molecule has 5 heteroatoms. The number of fused-ring (bicyclic) bond motifs is 2. The number of hydrogen-bond acceptors (Lipinski definition) is 4. The highest BCUT2D eigenvalue weighted by molar-refractivity contribution is 8.00. The average Bonchev–Trinajstić information content (AvgIpc) is 2.60. The van der Waals surface area contributed by atoms with Crippen LogP contribution in [0.3, 0.4) is 0 Å². The highest BCUT2D eigenvalue weighted by Crippen LogP contribution is 2.36. The van der Waals surface area contributed by atoms with Crippen LogP contribution < -0.4 is 5.56 Å². The zero-order chi connectivity index (χ0) is 15.8. The first-order valence-corrected chi connectivity index (χ1v) is 9.59. The van der Waals surface area contributed by atoms with E-state index in [1.807, 2.05) is 31.3 Å². The van der Waals surface area contributed by atoms with Gasteiger partial charge in [-0.3, -0.25) is 14.3 Å². The molecule has 2 heterocycles. The summed E-state index contributed by atoms with van der Waals surface area (Å²) < 4.78 is 1.74. The highest BCUT2D eigenvalue weighted by atomic mass is 32.2. The molecule has 0 radical (unpaired) electrons. The minimum atomic E-state index is 0.0668. The fourth-order valence-electron chi connectivity index (χ4n) is 3.96. The lowest BCUT2D eigenvalue weighted by Gasteiger charge is -2.43. The molecule has 1 aromatic heterocycles. The summed E-state index contributed by atoms with van der Waals surface area (Å²) in [6.07, 6.45) is 5.34. The lowest BCUT2D eigenvalue weighted by Crippen LogP contribution is -2.49. The lowest BCUT2D eigenvalue weighted by atomic mass is 9.93.